The average Bonchev–Trinajstić information content (AvgIpc) is 3.29. The van der Waals surface area contributed by atoms with Crippen LogP contribution in [-0.2, 0) is 11.2 Å². The molecule has 0 bridgehead atoms. The molecule has 0 spiro atoms. The highest BCUT2D eigenvalue weighted by molar-refractivity contribution is 5.91. The molecule has 2 heterocycles. The molecule has 0 radical (unpaired) electrons. The Kier molecular flexibility index (Phi) is 4.22. The lowest BCUT2D eigenvalue weighted by molar-refractivity contribution is -0.116. The SMILES string of the molecule is O=C(CCc1nnc(-c2ccccc2F)o1)Nc1ccc2c(c1)OCO2. The van der Waals surface area contributed by atoms with E-state index < -0.39 is 5.82 Å². The molecule has 1 aliphatic rings. The molecule has 0 saturated heterocycles. The minimum atomic E-state index is -0.441. The van der Waals surface area contributed by atoms with Gasteiger partial charge in [0, 0.05) is 24.6 Å². The molecule has 3 aromatic rings. The van der Waals surface area contributed by atoms with E-state index in [1.807, 2.05) is 0 Å². The Labute approximate surface area is 147 Å². The van der Waals surface area contributed by atoms with Crippen molar-refractivity contribution >= 4 is 11.6 Å². The van der Waals surface area contributed by atoms with Gasteiger partial charge in [0.1, 0.15) is 5.82 Å². The van der Waals surface area contributed by atoms with Crippen LogP contribution < -0.4 is 14.8 Å². The minimum absolute atomic E-state index is 0.0919. The number of hydrogen-bond acceptors (Lipinski definition) is 6. The van der Waals surface area contributed by atoms with Crippen molar-refractivity contribution in [1.82, 2.24) is 10.2 Å². The third-order valence-corrected chi connectivity index (χ3v) is 3.79. The lowest BCUT2D eigenvalue weighted by Gasteiger charge is -2.05. The number of aryl methyl sites for hydroxylation is 1. The number of amides is 1. The van der Waals surface area contributed by atoms with E-state index in [0.717, 1.165) is 0 Å². The number of nitrogens with one attached hydrogen (secondary N) is 1. The van der Waals surface area contributed by atoms with Crippen LogP contribution in [0.4, 0.5) is 10.1 Å². The molecular formula is C18H14FN3O4. The molecular weight excluding hydrogens is 341 g/mol. The Morgan fingerprint density at radius 2 is 1.96 bits per heavy atom. The van der Waals surface area contributed by atoms with Gasteiger partial charge in [-0.15, -0.1) is 10.2 Å². The van der Waals surface area contributed by atoms with Crippen LogP contribution in [-0.4, -0.2) is 22.9 Å². The van der Waals surface area contributed by atoms with E-state index in [-0.39, 0.29) is 42.9 Å². The van der Waals surface area contributed by atoms with Crippen LogP contribution >= 0.6 is 0 Å². The number of anilines is 1. The molecule has 0 fully saturated rings. The number of carbonyl (C=O) groups is 1. The number of nitrogens with zero attached hydrogens (tertiary/aromatic N) is 2. The maximum atomic E-state index is 13.7. The maximum absolute atomic E-state index is 13.7. The van der Waals surface area contributed by atoms with Gasteiger partial charge < -0.3 is 19.2 Å². The predicted molar refractivity (Wildman–Crippen MR) is 89.2 cm³/mol. The van der Waals surface area contributed by atoms with Crippen molar-refractivity contribution in [3.05, 3.63) is 54.2 Å². The molecule has 132 valence electrons. The lowest BCUT2D eigenvalue weighted by Crippen LogP contribution is -2.12. The summed E-state index contributed by atoms with van der Waals surface area (Å²) in [5.74, 6) is 0.944. The first-order valence-electron chi connectivity index (χ1n) is 7.96. The van der Waals surface area contributed by atoms with E-state index in [9.17, 15) is 9.18 Å². The van der Waals surface area contributed by atoms with Gasteiger partial charge in [0.2, 0.25) is 18.6 Å². The van der Waals surface area contributed by atoms with E-state index in [1.54, 1.807) is 36.4 Å². The molecule has 0 unspecified atom stereocenters. The topological polar surface area (TPSA) is 86.5 Å². The summed E-state index contributed by atoms with van der Waals surface area (Å²) in [7, 11) is 0. The Balaban J connectivity index is 1.36. The zero-order valence-electron chi connectivity index (χ0n) is 13.6. The molecule has 8 heteroatoms. The summed E-state index contributed by atoms with van der Waals surface area (Å²) >= 11 is 0. The van der Waals surface area contributed by atoms with Crippen LogP contribution in [0.1, 0.15) is 12.3 Å². The molecule has 0 atom stereocenters. The van der Waals surface area contributed by atoms with Crippen molar-refractivity contribution in [3.63, 3.8) is 0 Å². The van der Waals surface area contributed by atoms with E-state index in [4.69, 9.17) is 13.9 Å². The van der Waals surface area contributed by atoms with Crippen LogP contribution in [0.5, 0.6) is 11.5 Å². The van der Waals surface area contributed by atoms with E-state index in [1.165, 1.54) is 6.07 Å². The van der Waals surface area contributed by atoms with Crippen LogP contribution in [0.15, 0.2) is 46.9 Å². The third kappa shape index (κ3) is 3.34. The Hall–Kier alpha value is -3.42. The second kappa shape index (κ2) is 6.83. The Bertz CT molecular complexity index is 957. The number of rotatable bonds is 5. The highest BCUT2D eigenvalue weighted by Crippen LogP contribution is 2.34. The summed E-state index contributed by atoms with van der Waals surface area (Å²) in [6, 6.07) is 11.3. The van der Waals surface area contributed by atoms with Gasteiger partial charge in [0.25, 0.3) is 5.89 Å². The molecule has 2 aromatic carbocycles. The maximum Gasteiger partial charge on any atom is 0.250 e. The quantitative estimate of drug-likeness (QED) is 0.756. The second-order valence-corrected chi connectivity index (χ2v) is 5.60. The van der Waals surface area contributed by atoms with Gasteiger partial charge in [0.15, 0.2) is 11.5 Å². The first kappa shape index (κ1) is 16.1. The summed E-state index contributed by atoms with van der Waals surface area (Å²) < 4.78 is 29.6. The van der Waals surface area contributed by atoms with Crippen molar-refractivity contribution in [2.45, 2.75) is 12.8 Å². The third-order valence-electron chi connectivity index (χ3n) is 3.79. The first-order chi connectivity index (χ1) is 12.7. The second-order valence-electron chi connectivity index (χ2n) is 5.60. The summed E-state index contributed by atoms with van der Waals surface area (Å²) in [4.78, 5) is 12.1. The van der Waals surface area contributed by atoms with Crippen molar-refractivity contribution < 1.29 is 23.1 Å². The Morgan fingerprint density at radius 3 is 2.85 bits per heavy atom. The molecule has 0 aliphatic carbocycles. The number of benzene rings is 2. The standard InChI is InChI=1S/C18H14FN3O4/c19-13-4-2-1-3-12(13)18-22-21-17(26-18)8-7-16(23)20-11-5-6-14-15(9-11)25-10-24-14/h1-6,9H,7-8,10H2,(H,20,23). The largest absolute Gasteiger partial charge is 0.454 e. The highest BCUT2D eigenvalue weighted by atomic mass is 19.1. The molecule has 0 saturated carbocycles. The number of fused-ring (bicyclic) bond motifs is 1. The molecule has 1 amide bonds. The molecule has 4 rings (SSSR count). The number of ether oxygens (including phenoxy) is 2. The van der Waals surface area contributed by atoms with Gasteiger partial charge in [0.05, 0.1) is 5.56 Å². The number of carbonyl (C=O) groups excluding carboxylic acids is 1. The number of halogens is 1. The van der Waals surface area contributed by atoms with Crippen molar-refractivity contribution in [1.29, 1.82) is 0 Å². The average molecular weight is 355 g/mol. The molecule has 26 heavy (non-hydrogen) atoms. The number of aromatic nitrogens is 2. The van der Waals surface area contributed by atoms with Crippen molar-refractivity contribution in [2.75, 3.05) is 12.1 Å². The van der Waals surface area contributed by atoms with Crippen molar-refractivity contribution in [3.8, 4) is 23.0 Å². The first-order valence-corrected chi connectivity index (χ1v) is 7.96. The molecule has 7 nitrogen and oxygen atoms in total. The van der Waals surface area contributed by atoms with Crippen LogP contribution in [0, 0.1) is 5.82 Å². The molecule has 1 N–H and O–H groups in total. The summed E-state index contributed by atoms with van der Waals surface area (Å²) in [5.41, 5.74) is 0.841. The number of hydrogen-bond donors (Lipinski definition) is 1. The van der Waals surface area contributed by atoms with Gasteiger partial charge in [-0.25, -0.2) is 4.39 Å². The summed E-state index contributed by atoms with van der Waals surface area (Å²) in [6.07, 6.45) is 0.394. The minimum Gasteiger partial charge on any atom is -0.454 e. The predicted octanol–water partition coefficient (Wildman–Crippen LogP) is 3.18. The highest BCUT2D eigenvalue weighted by Gasteiger charge is 2.16. The normalized spacial score (nSPS) is 12.2. The van der Waals surface area contributed by atoms with Gasteiger partial charge in [-0.1, -0.05) is 12.1 Å². The van der Waals surface area contributed by atoms with E-state index in [0.29, 0.717) is 17.2 Å². The van der Waals surface area contributed by atoms with Gasteiger partial charge in [-0.05, 0) is 24.3 Å². The van der Waals surface area contributed by atoms with Crippen LogP contribution in [0.3, 0.4) is 0 Å². The fourth-order valence-electron chi connectivity index (χ4n) is 2.52. The van der Waals surface area contributed by atoms with Gasteiger partial charge in [-0.3, -0.25) is 4.79 Å². The monoisotopic (exact) mass is 355 g/mol. The molecule has 1 aliphatic heterocycles. The smallest absolute Gasteiger partial charge is 0.250 e. The van der Waals surface area contributed by atoms with E-state index in [2.05, 4.69) is 15.5 Å². The zero-order valence-corrected chi connectivity index (χ0v) is 13.6. The lowest BCUT2D eigenvalue weighted by atomic mass is 10.2. The Morgan fingerprint density at radius 1 is 1.12 bits per heavy atom. The van der Waals surface area contributed by atoms with Crippen LogP contribution in [0.2, 0.25) is 0 Å². The van der Waals surface area contributed by atoms with Crippen molar-refractivity contribution in [2.24, 2.45) is 0 Å². The fourth-order valence-corrected chi connectivity index (χ4v) is 2.52. The van der Waals surface area contributed by atoms with Crippen LogP contribution in [0.25, 0.3) is 11.5 Å². The fraction of sp³-hybridized carbons (Fsp3) is 0.167. The van der Waals surface area contributed by atoms with E-state index >= 15 is 0 Å². The zero-order chi connectivity index (χ0) is 17.9. The molecule has 1 aromatic heterocycles. The van der Waals surface area contributed by atoms with Gasteiger partial charge in [-0.2, -0.15) is 0 Å². The van der Waals surface area contributed by atoms with Gasteiger partial charge >= 0.3 is 0 Å². The summed E-state index contributed by atoms with van der Waals surface area (Å²) in [6.45, 7) is 0.175. The summed E-state index contributed by atoms with van der Waals surface area (Å²) in [5, 5.41) is 10.5.